The summed E-state index contributed by atoms with van der Waals surface area (Å²) in [5.74, 6) is -0.652. The molecule has 2 aromatic rings. The van der Waals surface area contributed by atoms with Gasteiger partial charge in [0.1, 0.15) is 0 Å². The summed E-state index contributed by atoms with van der Waals surface area (Å²) in [6.07, 6.45) is 3.74. The molecule has 1 atom stereocenters. The van der Waals surface area contributed by atoms with Crippen LogP contribution in [-0.2, 0) is 6.54 Å². The first-order valence-corrected chi connectivity index (χ1v) is 10.6. The molecule has 0 aromatic heterocycles. The molecule has 1 N–H and O–H groups in total. The first-order chi connectivity index (χ1) is 14.5. The lowest BCUT2D eigenvalue weighted by Gasteiger charge is -2.33. The Morgan fingerprint density at radius 2 is 1.67 bits per heavy atom. The number of amides is 3. The van der Waals surface area contributed by atoms with E-state index in [0.29, 0.717) is 29.3 Å². The molecule has 2 aliphatic rings. The Bertz CT molecular complexity index is 919. The van der Waals surface area contributed by atoms with Crippen molar-refractivity contribution in [2.24, 2.45) is 0 Å². The molecule has 0 radical (unpaired) electrons. The van der Waals surface area contributed by atoms with E-state index in [0.717, 1.165) is 18.7 Å². The van der Waals surface area contributed by atoms with E-state index < -0.39 is 0 Å². The highest BCUT2D eigenvalue weighted by Gasteiger charge is 2.34. The fourth-order valence-corrected chi connectivity index (χ4v) is 4.23. The number of hydrogen-bond donors (Lipinski definition) is 1. The monoisotopic (exact) mass is 405 g/mol. The van der Waals surface area contributed by atoms with Crippen molar-refractivity contribution < 1.29 is 14.4 Å². The number of piperidine rings is 1. The maximum absolute atomic E-state index is 12.5. The minimum absolute atomic E-state index is 0.105. The van der Waals surface area contributed by atoms with Gasteiger partial charge in [-0.05, 0) is 56.1 Å². The van der Waals surface area contributed by atoms with E-state index in [4.69, 9.17) is 0 Å². The van der Waals surface area contributed by atoms with Crippen molar-refractivity contribution in [3.8, 4) is 0 Å². The van der Waals surface area contributed by atoms with Crippen molar-refractivity contribution in [3.05, 3.63) is 70.8 Å². The second kappa shape index (κ2) is 8.79. The van der Waals surface area contributed by atoms with Gasteiger partial charge in [-0.15, -0.1) is 0 Å². The fourth-order valence-electron chi connectivity index (χ4n) is 4.23. The number of benzene rings is 2. The van der Waals surface area contributed by atoms with Crippen LogP contribution in [0.15, 0.2) is 48.5 Å². The Kier molecular flexibility index (Phi) is 5.95. The van der Waals surface area contributed by atoms with E-state index in [2.05, 4.69) is 17.1 Å². The highest BCUT2D eigenvalue weighted by atomic mass is 16.2. The largest absolute Gasteiger partial charge is 0.351 e. The van der Waals surface area contributed by atoms with Crippen LogP contribution in [0.5, 0.6) is 0 Å². The van der Waals surface area contributed by atoms with Gasteiger partial charge in [-0.3, -0.25) is 24.2 Å². The van der Waals surface area contributed by atoms with Gasteiger partial charge in [-0.2, -0.15) is 0 Å². The number of hydrogen-bond acceptors (Lipinski definition) is 4. The molecule has 0 aliphatic carbocycles. The Hall–Kier alpha value is -2.99. The average molecular weight is 405 g/mol. The molecule has 156 valence electrons. The lowest BCUT2D eigenvalue weighted by Crippen LogP contribution is -2.42. The predicted molar refractivity (Wildman–Crippen MR) is 114 cm³/mol. The van der Waals surface area contributed by atoms with Crippen LogP contribution in [0.4, 0.5) is 0 Å². The number of carbonyl (C=O) groups excluding carboxylic acids is 3. The van der Waals surface area contributed by atoms with Crippen molar-refractivity contribution in [1.82, 2.24) is 15.1 Å². The smallest absolute Gasteiger partial charge is 0.261 e. The molecule has 2 heterocycles. The molecule has 0 spiro atoms. The molecule has 6 heteroatoms. The van der Waals surface area contributed by atoms with E-state index in [-0.39, 0.29) is 24.3 Å². The quantitative estimate of drug-likeness (QED) is 0.750. The molecule has 6 nitrogen and oxygen atoms in total. The molecule has 4 rings (SSSR count). The topological polar surface area (TPSA) is 69.7 Å². The summed E-state index contributed by atoms with van der Waals surface area (Å²) in [4.78, 5) is 41.1. The predicted octanol–water partition coefficient (Wildman–Crippen LogP) is 3.09. The molecule has 3 amide bonds. The number of nitrogens with zero attached hydrogens (tertiary/aromatic N) is 2. The van der Waals surface area contributed by atoms with Crippen LogP contribution in [0.25, 0.3) is 0 Å². The van der Waals surface area contributed by atoms with Gasteiger partial charge in [0, 0.05) is 24.7 Å². The minimum Gasteiger partial charge on any atom is -0.351 e. The third-order valence-electron chi connectivity index (χ3n) is 6.06. The van der Waals surface area contributed by atoms with Crippen molar-refractivity contribution in [2.45, 2.75) is 38.8 Å². The number of nitrogens with one attached hydrogen (secondary N) is 1. The van der Waals surface area contributed by atoms with Crippen LogP contribution in [0.3, 0.4) is 0 Å². The molecule has 1 saturated heterocycles. The third kappa shape index (κ3) is 4.14. The second-order valence-corrected chi connectivity index (χ2v) is 8.08. The number of carbonyl (C=O) groups is 3. The van der Waals surface area contributed by atoms with E-state index >= 15 is 0 Å². The second-order valence-electron chi connectivity index (χ2n) is 8.08. The van der Waals surface area contributed by atoms with Crippen LogP contribution in [0.2, 0.25) is 0 Å². The SMILES string of the molecule is CC1CCCCN1CCNC(=O)c1ccc(CN2C(=O)c3ccccc3C2=O)cc1. The van der Waals surface area contributed by atoms with Crippen LogP contribution < -0.4 is 5.32 Å². The fraction of sp³-hybridized carbons (Fsp3) is 0.375. The minimum atomic E-state index is -0.274. The van der Waals surface area contributed by atoms with Crippen LogP contribution in [0, 0.1) is 0 Å². The Balaban J connectivity index is 1.31. The van der Waals surface area contributed by atoms with Gasteiger partial charge in [-0.1, -0.05) is 30.7 Å². The zero-order chi connectivity index (χ0) is 21.1. The average Bonchev–Trinajstić information content (AvgIpc) is 3.00. The Labute approximate surface area is 176 Å². The van der Waals surface area contributed by atoms with E-state index in [1.165, 1.54) is 24.2 Å². The van der Waals surface area contributed by atoms with E-state index in [1.807, 2.05) is 0 Å². The first kappa shape index (κ1) is 20.3. The number of rotatable bonds is 6. The van der Waals surface area contributed by atoms with Gasteiger partial charge < -0.3 is 5.32 Å². The van der Waals surface area contributed by atoms with Gasteiger partial charge in [-0.25, -0.2) is 0 Å². The Morgan fingerprint density at radius 3 is 2.30 bits per heavy atom. The summed E-state index contributed by atoms with van der Waals surface area (Å²) in [5, 5.41) is 2.99. The molecular weight excluding hydrogens is 378 g/mol. The maximum atomic E-state index is 12.5. The summed E-state index contributed by atoms with van der Waals surface area (Å²) in [7, 11) is 0. The standard InChI is InChI=1S/C24H27N3O3/c1-17-6-4-5-14-26(17)15-13-25-22(28)19-11-9-18(10-12-19)16-27-23(29)20-7-2-3-8-21(20)24(27)30/h2-3,7-12,17H,4-6,13-16H2,1H3,(H,25,28). The lowest BCUT2D eigenvalue weighted by molar-refractivity contribution is 0.0641. The Morgan fingerprint density at radius 1 is 1.00 bits per heavy atom. The van der Waals surface area contributed by atoms with Crippen molar-refractivity contribution in [3.63, 3.8) is 0 Å². The zero-order valence-electron chi connectivity index (χ0n) is 17.3. The van der Waals surface area contributed by atoms with Gasteiger partial charge in [0.05, 0.1) is 17.7 Å². The summed E-state index contributed by atoms with van der Waals surface area (Å²) >= 11 is 0. The summed E-state index contributed by atoms with van der Waals surface area (Å²) in [6, 6.07) is 14.5. The lowest BCUT2D eigenvalue weighted by atomic mass is 10.0. The number of imide groups is 1. The molecule has 1 fully saturated rings. The molecular formula is C24H27N3O3. The molecule has 0 bridgehead atoms. The zero-order valence-corrected chi connectivity index (χ0v) is 17.3. The highest BCUT2D eigenvalue weighted by Crippen LogP contribution is 2.24. The van der Waals surface area contributed by atoms with E-state index in [1.54, 1.807) is 48.5 Å². The molecule has 2 aromatic carbocycles. The van der Waals surface area contributed by atoms with Crippen LogP contribution in [-0.4, -0.2) is 53.2 Å². The third-order valence-corrected chi connectivity index (χ3v) is 6.06. The van der Waals surface area contributed by atoms with Gasteiger partial charge in [0.25, 0.3) is 17.7 Å². The van der Waals surface area contributed by atoms with Crippen molar-refractivity contribution in [2.75, 3.05) is 19.6 Å². The maximum Gasteiger partial charge on any atom is 0.261 e. The normalized spacial score (nSPS) is 19.1. The van der Waals surface area contributed by atoms with Crippen molar-refractivity contribution >= 4 is 17.7 Å². The molecule has 30 heavy (non-hydrogen) atoms. The first-order valence-electron chi connectivity index (χ1n) is 10.6. The molecule has 0 saturated carbocycles. The van der Waals surface area contributed by atoms with Crippen LogP contribution in [0.1, 0.15) is 62.8 Å². The summed E-state index contributed by atoms with van der Waals surface area (Å²) in [6.45, 7) is 5.03. The molecule has 2 aliphatic heterocycles. The van der Waals surface area contributed by atoms with Crippen LogP contribution >= 0.6 is 0 Å². The number of fused-ring (bicyclic) bond motifs is 1. The molecule has 1 unspecified atom stereocenters. The van der Waals surface area contributed by atoms with Gasteiger partial charge in [0.2, 0.25) is 0 Å². The summed E-state index contributed by atoms with van der Waals surface area (Å²) < 4.78 is 0. The van der Waals surface area contributed by atoms with Crippen molar-refractivity contribution in [1.29, 1.82) is 0 Å². The van der Waals surface area contributed by atoms with Gasteiger partial charge >= 0.3 is 0 Å². The van der Waals surface area contributed by atoms with E-state index in [9.17, 15) is 14.4 Å². The number of likely N-dealkylation sites (tertiary alicyclic amines) is 1. The van der Waals surface area contributed by atoms with Gasteiger partial charge in [0.15, 0.2) is 0 Å². The highest BCUT2D eigenvalue weighted by molar-refractivity contribution is 6.21. The summed E-state index contributed by atoms with van der Waals surface area (Å²) in [5.41, 5.74) is 2.28.